The van der Waals surface area contributed by atoms with Crippen LogP contribution in [0.1, 0.15) is 38.2 Å². The predicted molar refractivity (Wildman–Crippen MR) is 74.5 cm³/mol. The number of amides is 2. The highest BCUT2D eigenvalue weighted by molar-refractivity contribution is 6.19. The molecule has 2 amide bonds. The van der Waals surface area contributed by atoms with Gasteiger partial charge in [-0.1, -0.05) is 50.1 Å². The van der Waals surface area contributed by atoms with Crippen LogP contribution in [0.15, 0.2) is 41.5 Å². The van der Waals surface area contributed by atoms with E-state index in [1.165, 1.54) is 0 Å². The topological polar surface area (TPSA) is 46.2 Å². The molecule has 1 N–H and O–H groups in total. The van der Waals surface area contributed by atoms with Crippen LogP contribution in [0.3, 0.4) is 0 Å². The summed E-state index contributed by atoms with van der Waals surface area (Å²) in [5.74, 6) is -0.424. The molecule has 0 bridgehead atoms. The van der Waals surface area contributed by atoms with Gasteiger partial charge in [0.25, 0.3) is 11.8 Å². The molecule has 19 heavy (non-hydrogen) atoms. The summed E-state index contributed by atoms with van der Waals surface area (Å²) in [4.78, 5) is 23.6. The highest BCUT2D eigenvalue weighted by Gasteiger charge is 2.29. The van der Waals surface area contributed by atoms with E-state index < -0.39 is 0 Å². The van der Waals surface area contributed by atoms with Gasteiger partial charge in [-0.2, -0.15) is 0 Å². The summed E-state index contributed by atoms with van der Waals surface area (Å²) in [6.45, 7) is 2.12. The molecular formula is C16H19NO2. The summed E-state index contributed by atoms with van der Waals surface area (Å²) in [5.41, 5.74) is 2.39. The minimum Gasteiger partial charge on any atom is -0.289 e. The fourth-order valence-corrected chi connectivity index (χ4v) is 2.33. The maximum Gasteiger partial charge on any atom is 0.254 e. The summed E-state index contributed by atoms with van der Waals surface area (Å²) in [6, 6.07) is 9.79. The number of hydrogen-bond donors (Lipinski definition) is 1. The number of benzene rings is 1. The van der Waals surface area contributed by atoms with Gasteiger partial charge in [-0.25, -0.2) is 0 Å². The van der Waals surface area contributed by atoms with Gasteiger partial charge in [0.05, 0.1) is 0 Å². The third kappa shape index (κ3) is 3.31. The standard InChI is InChI=1S/C16H19NO2/c1-2-3-5-10-13-14(16(19)17-15(13)18)11-12-8-6-4-7-9-12/h4,6-9H,2-3,5,10-11H2,1H3,(H,17,18,19). The number of imide groups is 1. The van der Waals surface area contributed by atoms with E-state index >= 15 is 0 Å². The SMILES string of the molecule is CCCCCC1=C(Cc2ccccc2)C(=O)NC1=O. The van der Waals surface area contributed by atoms with Gasteiger partial charge in [0.15, 0.2) is 0 Å². The van der Waals surface area contributed by atoms with Crippen molar-refractivity contribution < 1.29 is 9.59 Å². The smallest absolute Gasteiger partial charge is 0.254 e. The third-order valence-electron chi connectivity index (χ3n) is 3.39. The second-order valence-electron chi connectivity index (χ2n) is 4.86. The van der Waals surface area contributed by atoms with Gasteiger partial charge in [0.1, 0.15) is 0 Å². The number of carbonyl (C=O) groups excluding carboxylic acids is 2. The Labute approximate surface area is 113 Å². The van der Waals surface area contributed by atoms with Crippen molar-refractivity contribution in [1.29, 1.82) is 0 Å². The zero-order chi connectivity index (χ0) is 13.7. The van der Waals surface area contributed by atoms with Crippen molar-refractivity contribution in [2.24, 2.45) is 0 Å². The Kier molecular flexibility index (Phi) is 4.50. The number of nitrogens with one attached hydrogen (secondary N) is 1. The molecule has 0 saturated carbocycles. The average Bonchev–Trinajstić information content (AvgIpc) is 2.67. The Morgan fingerprint density at radius 2 is 1.63 bits per heavy atom. The second kappa shape index (κ2) is 6.32. The van der Waals surface area contributed by atoms with Gasteiger partial charge in [-0.05, 0) is 18.4 Å². The van der Waals surface area contributed by atoms with Gasteiger partial charge in [-0.3, -0.25) is 14.9 Å². The highest BCUT2D eigenvalue weighted by Crippen LogP contribution is 2.22. The van der Waals surface area contributed by atoms with Crippen LogP contribution in [0, 0.1) is 0 Å². The van der Waals surface area contributed by atoms with Crippen molar-refractivity contribution in [3.8, 4) is 0 Å². The van der Waals surface area contributed by atoms with E-state index in [1.54, 1.807) is 0 Å². The Bertz CT molecular complexity index is 503. The molecule has 1 aromatic rings. The minimum absolute atomic E-state index is 0.202. The molecule has 0 aliphatic carbocycles. The third-order valence-corrected chi connectivity index (χ3v) is 3.39. The average molecular weight is 257 g/mol. The zero-order valence-electron chi connectivity index (χ0n) is 11.2. The normalized spacial score (nSPS) is 15.0. The first-order valence-electron chi connectivity index (χ1n) is 6.84. The van der Waals surface area contributed by atoms with Crippen molar-refractivity contribution in [2.45, 2.75) is 39.0 Å². The molecule has 0 atom stereocenters. The Balaban J connectivity index is 2.16. The van der Waals surface area contributed by atoms with Crippen LogP contribution < -0.4 is 5.32 Å². The van der Waals surface area contributed by atoms with E-state index in [0.717, 1.165) is 24.8 Å². The van der Waals surface area contributed by atoms with Crippen LogP contribution in [-0.2, 0) is 16.0 Å². The summed E-state index contributed by atoms with van der Waals surface area (Å²) in [5, 5.41) is 2.41. The van der Waals surface area contributed by atoms with E-state index in [9.17, 15) is 9.59 Å². The zero-order valence-corrected chi connectivity index (χ0v) is 11.2. The summed E-state index contributed by atoms with van der Waals surface area (Å²) >= 11 is 0. The minimum atomic E-state index is -0.222. The number of carbonyl (C=O) groups is 2. The molecule has 0 spiro atoms. The van der Waals surface area contributed by atoms with E-state index in [0.29, 0.717) is 24.0 Å². The molecule has 2 rings (SSSR count). The molecule has 100 valence electrons. The van der Waals surface area contributed by atoms with Gasteiger partial charge < -0.3 is 0 Å². The van der Waals surface area contributed by atoms with E-state index in [1.807, 2.05) is 30.3 Å². The van der Waals surface area contributed by atoms with E-state index in [-0.39, 0.29) is 11.8 Å². The summed E-state index contributed by atoms with van der Waals surface area (Å²) in [7, 11) is 0. The van der Waals surface area contributed by atoms with Gasteiger partial charge in [-0.15, -0.1) is 0 Å². The molecule has 0 fully saturated rings. The highest BCUT2D eigenvalue weighted by atomic mass is 16.2. The molecule has 0 radical (unpaired) electrons. The predicted octanol–water partition coefficient (Wildman–Crippen LogP) is 2.76. The fourth-order valence-electron chi connectivity index (χ4n) is 2.33. The molecule has 0 aromatic heterocycles. The first kappa shape index (κ1) is 13.5. The molecule has 1 aromatic carbocycles. The lowest BCUT2D eigenvalue weighted by Gasteiger charge is -2.04. The molecule has 0 saturated heterocycles. The van der Waals surface area contributed by atoms with E-state index in [4.69, 9.17) is 0 Å². The quantitative estimate of drug-likeness (QED) is 0.629. The van der Waals surface area contributed by atoms with E-state index in [2.05, 4.69) is 12.2 Å². The van der Waals surface area contributed by atoms with Crippen LogP contribution in [-0.4, -0.2) is 11.8 Å². The van der Waals surface area contributed by atoms with Gasteiger partial charge >= 0.3 is 0 Å². The molecule has 1 aliphatic heterocycles. The molecule has 3 heteroatoms. The van der Waals surface area contributed by atoms with Gasteiger partial charge in [0, 0.05) is 17.6 Å². The van der Waals surface area contributed by atoms with Crippen molar-refractivity contribution in [1.82, 2.24) is 5.32 Å². The van der Waals surface area contributed by atoms with Crippen molar-refractivity contribution >= 4 is 11.8 Å². The lowest BCUT2D eigenvalue weighted by Crippen LogP contribution is -2.23. The summed E-state index contributed by atoms with van der Waals surface area (Å²) < 4.78 is 0. The van der Waals surface area contributed by atoms with Crippen molar-refractivity contribution in [3.05, 3.63) is 47.0 Å². The van der Waals surface area contributed by atoms with Crippen LogP contribution in [0.5, 0.6) is 0 Å². The maximum atomic E-state index is 11.8. The van der Waals surface area contributed by atoms with Crippen molar-refractivity contribution in [2.75, 3.05) is 0 Å². The van der Waals surface area contributed by atoms with Crippen molar-refractivity contribution in [3.63, 3.8) is 0 Å². The Morgan fingerprint density at radius 1 is 0.947 bits per heavy atom. The lowest BCUT2D eigenvalue weighted by molar-refractivity contribution is -0.124. The molecule has 0 unspecified atom stereocenters. The largest absolute Gasteiger partial charge is 0.289 e. The number of rotatable bonds is 6. The van der Waals surface area contributed by atoms with Crippen LogP contribution in [0.4, 0.5) is 0 Å². The van der Waals surface area contributed by atoms with Crippen LogP contribution in [0.2, 0.25) is 0 Å². The first-order valence-corrected chi connectivity index (χ1v) is 6.84. The molecule has 3 nitrogen and oxygen atoms in total. The molecule has 1 heterocycles. The number of unbranched alkanes of at least 4 members (excludes halogenated alkanes) is 2. The fraction of sp³-hybridized carbons (Fsp3) is 0.375. The second-order valence-corrected chi connectivity index (χ2v) is 4.86. The Morgan fingerprint density at radius 3 is 2.32 bits per heavy atom. The van der Waals surface area contributed by atoms with Crippen LogP contribution >= 0.6 is 0 Å². The first-order chi connectivity index (χ1) is 9.22. The Hall–Kier alpha value is -1.90. The molecule has 1 aliphatic rings. The van der Waals surface area contributed by atoms with Gasteiger partial charge in [0.2, 0.25) is 0 Å². The van der Waals surface area contributed by atoms with Crippen LogP contribution in [0.25, 0.3) is 0 Å². The maximum absolute atomic E-state index is 11.8. The monoisotopic (exact) mass is 257 g/mol. The lowest BCUT2D eigenvalue weighted by atomic mass is 9.98. The number of hydrogen-bond acceptors (Lipinski definition) is 2. The summed E-state index contributed by atoms with van der Waals surface area (Å²) in [6.07, 6.45) is 4.40. The molecular weight excluding hydrogens is 238 g/mol.